The molecule has 0 spiro atoms. The predicted molar refractivity (Wildman–Crippen MR) is 85.9 cm³/mol. The number of hydrogen-bond donors (Lipinski definition) is 2. The molecule has 1 saturated heterocycles. The molecule has 122 valence electrons. The van der Waals surface area contributed by atoms with Crippen molar-refractivity contribution in [2.24, 2.45) is 11.7 Å². The molecule has 7 heteroatoms. The van der Waals surface area contributed by atoms with Crippen molar-refractivity contribution in [3.63, 3.8) is 0 Å². The van der Waals surface area contributed by atoms with E-state index in [2.05, 4.69) is 10.4 Å². The van der Waals surface area contributed by atoms with Gasteiger partial charge in [0.2, 0.25) is 5.91 Å². The van der Waals surface area contributed by atoms with Crippen molar-refractivity contribution < 1.29 is 9.59 Å². The summed E-state index contributed by atoms with van der Waals surface area (Å²) >= 11 is 0. The van der Waals surface area contributed by atoms with Crippen LogP contribution >= 0.6 is 0 Å². The van der Waals surface area contributed by atoms with E-state index < -0.39 is 0 Å². The third-order valence-corrected chi connectivity index (χ3v) is 4.18. The van der Waals surface area contributed by atoms with Crippen LogP contribution in [0, 0.1) is 5.92 Å². The van der Waals surface area contributed by atoms with Crippen molar-refractivity contribution in [2.45, 2.75) is 12.8 Å². The van der Waals surface area contributed by atoms with Crippen LogP contribution in [0.1, 0.15) is 23.2 Å². The van der Waals surface area contributed by atoms with E-state index in [1.807, 2.05) is 24.4 Å². The fourth-order valence-corrected chi connectivity index (χ4v) is 2.98. The molecule has 23 heavy (non-hydrogen) atoms. The van der Waals surface area contributed by atoms with Crippen LogP contribution in [0.3, 0.4) is 0 Å². The highest BCUT2D eigenvalue weighted by Crippen LogP contribution is 2.20. The SMILES string of the molecule is NCCNC(=O)C1CCCN(C(=O)c2cnn3ccccc23)C1. The smallest absolute Gasteiger partial charge is 0.257 e. The minimum atomic E-state index is -0.166. The zero-order valence-electron chi connectivity index (χ0n) is 12.9. The summed E-state index contributed by atoms with van der Waals surface area (Å²) in [5, 5.41) is 7.01. The van der Waals surface area contributed by atoms with Crippen molar-refractivity contribution in [3.8, 4) is 0 Å². The highest BCUT2D eigenvalue weighted by Gasteiger charge is 2.29. The molecular formula is C16H21N5O2. The van der Waals surface area contributed by atoms with E-state index in [-0.39, 0.29) is 17.7 Å². The average Bonchev–Trinajstić information content (AvgIpc) is 3.03. The number of nitrogens with two attached hydrogens (primary N) is 1. The zero-order valence-corrected chi connectivity index (χ0v) is 12.9. The lowest BCUT2D eigenvalue weighted by molar-refractivity contribution is -0.126. The summed E-state index contributed by atoms with van der Waals surface area (Å²) in [7, 11) is 0. The number of hydrogen-bond acceptors (Lipinski definition) is 4. The molecule has 3 N–H and O–H groups in total. The molecule has 3 rings (SSSR count). The van der Waals surface area contributed by atoms with Gasteiger partial charge in [-0.1, -0.05) is 6.07 Å². The van der Waals surface area contributed by atoms with Gasteiger partial charge in [0.25, 0.3) is 5.91 Å². The van der Waals surface area contributed by atoms with E-state index in [0.717, 1.165) is 18.4 Å². The average molecular weight is 315 g/mol. The van der Waals surface area contributed by atoms with Crippen molar-refractivity contribution in [2.75, 3.05) is 26.2 Å². The maximum Gasteiger partial charge on any atom is 0.257 e. The molecular weight excluding hydrogens is 294 g/mol. The Kier molecular flexibility index (Phi) is 4.57. The second kappa shape index (κ2) is 6.78. The highest BCUT2D eigenvalue weighted by atomic mass is 16.2. The largest absolute Gasteiger partial charge is 0.355 e. The Morgan fingerprint density at radius 3 is 3.09 bits per heavy atom. The second-order valence-corrected chi connectivity index (χ2v) is 5.76. The van der Waals surface area contributed by atoms with Gasteiger partial charge in [-0.3, -0.25) is 9.59 Å². The number of likely N-dealkylation sites (tertiary alicyclic amines) is 1. The third-order valence-electron chi connectivity index (χ3n) is 4.18. The van der Waals surface area contributed by atoms with Gasteiger partial charge in [-0.25, -0.2) is 4.52 Å². The first-order valence-electron chi connectivity index (χ1n) is 7.90. The van der Waals surface area contributed by atoms with E-state index in [4.69, 9.17) is 5.73 Å². The number of amides is 2. The monoisotopic (exact) mass is 315 g/mol. The van der Waals surface area contributed by atoms with Crippen LogP contribution in [0.2, 0.25) is 0 Å². The Morgan fingerprint density at radius 2 is 2.26 bits per heavy atom. The topological polar surface area (TPSA) is 92.7 Å². The van der Waals surface area contributed by atoms with Crippen LogP contribution in [-0.2, 0) is 4.79 Å². The minimum absolute atomic E-state index is 0.0205. The molecule has 7 nitrogen and oxygen atoms in total. The molecule has 1 aliphatic heterocycles. The molecule has 2 aromatic heterocycles. The van der Waals surface area contributed by atoms with Gasteiger partial charge in [-0.2, -0.15) is 5.10 Å². The number of rotatable bonds is 4. The molecule has 0 bridgehead atoms. The molecule has 0 aliphatic carbocycles. The standard InChI is InChI=1S/C16H21N5O2/c17-6-7-18-15(22)12-4-3-8-20(11-12)16(23)13-10-19-21-9-2-1-5-14(13)21/h1-2,5,9-10,12H,3-4,6-8,11,17H2,(H,18,22). The lowest BCUT2D eigenvalue weighted by Crippen LogP contribution is -2.46. The second-order valence-electron chi connectivity index (χ2n) is 5.76. The molecule has 0 radical (unpaired) electrons. The number of carbonyl (C=O) groups is 2. The number of pyridine rings is 1. The van der Waals surface area contributed by atoms with Crippen molar-refractivity contribution >= 4 is 17.3 Å². The molecule has 1 fully saturated rings. The van der Waals surface area contributed by atoms with Crippen LogP contribution in [-0.4, -0.2) is 52.5 Å². The van der Waals surface area contributed by atoms with Crippen molar-refractivity contribution in [1.29, 1.82) is 0 Å². The van der Waals surface area contributed by atoms with Gasteiger partial charge in [-0.15, -0.1) is 0 Å². The van der Waals surface area contributed by atoms with E-state index in [0.29, 0.717) is 31.7 Å². The first kappa shape index (κ1) is 15.5. The van der Waals surface area contributed by atoms with Crippen LogP contribution in [0.15, 0.2) is 30.6 Å². The fourth-order valence-electron chi connectivity index (χ4n) is 2.98. The van der Waals surface area contributed by atoms with Crippen LogP contribution in [0.25, 0.3) is 5.52 Å². The Morgan fingerprint density at radius 1 is 1.39 bits per heavy atom. The number of nitrogens with one attached hydrogen (secondary N) is 1. The lowest BCUT2D eigenvalue weighted by Gasteiger charge is -2.31. The summed E-state index contributed by atoms with van der Waals surface area (Å²) in [5.41, 5.74) is 6.77. The lowest BCUT2D eigenvalue weighted by atomic mass is 9.96. The van der Waals surface area contributed by atoms with Gasteiger partial charge in [0.05, 0.1) is 23.2 Å². The number of carbonyl (C=O) groups excluding carboxylic acids is 2. The highest BCUT2D eigenvalue weighted by molar-refractivity contribution is 6.00. The molecule has 0 aromatic carbocycles. The van der Waals surface area contributed by atoms with Gasteiger partial charge in [0, 0.05) is 32.4 Å². The summed E-state index contributed by atoms with van der Waals surface area (Å²) in [4.78, 5) is 26.6. The number of piperidine rings is 1. The minimum Gasteiger partial charge on any atom is -0.355 e. The maximum absolute atomic E-state index is 12.8. The first-order chi connectivity index (χ1) is 11.2. The molecule has 1 aliphatic rings. The Hall–Kier alpha value is -2.41. The Labute approximate surface area is 134 Å². The van der Waals surface area contributed by atoms with E-state index in [1.165, 1.54) is 0 Å². The molecule has 2 aromatic rings. The van der Waals surface area contributed by atoms with Crippen molar-refractivity contribution in [3.05, 3.63) is 36.2 Å². The molecule has 1 unspecified atom stereocenters. The normalized spacial score (nSPS) is 18.1. The van der Waals surface area contributed by atoms with Crippen LogP contribution in [0.5, 0.6) is 0 Å². The third kappa shape index (κ3) is 3.19. The summed E-state index contributed by atoms with van der Waals surface area (Å²) in [6, 6.07) is 5.62. The van der Waals surface area contributed by atoms with Gasteiger partial charge < -0.3 is 16.0 Å². The van der Waals surface area contributed by atoms with Crippen LogP contribution in [0.4, 0.5) is 0 Å². The number of fused-ring (bicyclic) bond motifs is 1. The Balaban J connectivity index is 1.73. The van der Waals surface area contributed by atoms with Gasteiger partial charge in [0.15, 0.2) is 0 Å². The molecule has 0 saturated carbocycles. The molecule has 2 amide bonds. The van der Waals surface area contributed by atoms with E-state index in [9.17, 15) is 9.59 Å². The molecule has 1 atom stereocenters. The first-order valence-corrected chi connectivity index (χ1v) is 7.90. The van der Waals surface area contributed by atoms with Gasteiger partial charge in [-0.05, 0) is 25.0 Å². The van der Waals surface area contributed by atoms with E-state index in [1.54, 1.807) is 15.6 Å². The van der Waals surface area contributed by atoms with Gasteiger partial charge >= 0.3 is 0 Å². The summed E-state index contributed by atoms with van der Waals surface area (Å²) in [5.74, 6) is -0.253. The predicted octanol–water partition coefficient (Wildman–Crippen LogP) is 0.261. The van der Waals surface area contributed by atoms with E-state index >= 15 is 0 Å². The summed E-state index contributed by atoms with van der Waals surface area (Å²) < 4.78 is 1.68. The number of nitrogens with zero attached hydrogens (tertiary/aromatic N) is 3. The number of aromatic nitrogens is 2. The summed E-state index contributed by atoms with van der Waals surface area (Å²) in [6.07, 6.45) is 5.03. The van der Waals surface area contributed by atoms with Crippen molar-refractivity contribution in [1.82, 2.24) is 19.8 Å². The Bertz CT molecular complexity index is 711. The fraction of sp³-hybridized carbons (Fsp3) is 0.438. The zero-order chi connectivity index (χ0) is 16.2. The quantitative estimate of drug-likeness (QED) is 0.846. The molecule has 3 heterocycles. The van der Waals surface area contributed by atoms with Gasteiger partial charge in [0.1, 0.15) is 0 Å². The van der Waals surface area contributed by atoms with Crippen LogP contribution < -0.4 is 11.1 Å². The maximum atomic E-state index is 12.8. The summed E-state index contributed by atoms with van der Waals surface area (Å²) in [6.45, 7) is 2.00.